The number of carbonyl (C=O) groups excluding carboxylic acids is 2. The zero-order valence-corrected chi connectivity index (χ0v) is 22.2. The van der Waals surface area contributed by atoms with Gasteiger partial charge in [-0.15, -0.1) is 0 Å². The Balaban J connectivity index is 1.92. The van der Waals surface area contributed by atoms with Gasteiger partial charge < -0.3 is 29.4 Å². The molecule has 3 aromatic rings. The highest BCUT2D eigenvalue weighted by Gasteiger charge is 2.25. The van der Waals surface area contributed by atoms with Crippen LogP contribution in [0.15, 0.2) is 24.3 Å². The number of rotatable bonds is 10. The molecular formula is C26H37N5O5. The van der Waals surface area contributed by atoms with Gasteiger partial charge in [-0.05, 0) is 47.6 Å². The maximum atomic E-state index is 12.7. The number of amides is 2. The van der Waals surface area contributed by atoms with Crippen molar-refractivity contribution >= 4 is 39.6 Å². The minimum absolute atomic E-state index is 0.208. The Bertz CT molecular complexity index is 1240. The maximum Gasteiger partial charge on any atom is 0.251 e. The molecule has 10 nitrogen and oxygen atoms in total. The number of carbonyl (C=O) groups is 2. The summed E-state index contributed by atoms with van der Waals surface area (Å²) in [6.45, 7) is 11.6. The van der Waals surface area contributed by atoms with Crippen LogP contribution in [0.1, 0.15) is 47.4 Å². The van der Waals surface area contributed by atoms with E-state index in [0.717, 1.165) is 10.9 Å². The number of nitrogens with zero attached hydrogens (tertiary/aromatic N) is 4. The molecule has 10 heteroatoms. The third-order valence-corrected chi connectivity index (χ3v) is 5.74. The van der Waals surface area contributed by atoms with Crippen LogP contribution in [0.3, 0.4) is 0 Å². The topological polar surface area (TPSA) is 119 Å². The highest BCUT2D eigenvalue weighted by molar-refractivity contribution is 6.09. The molecule has 2 N–H and O–H groups in total. The van der Waals surface area contributed by atoms with Crippen molar-refractivity contribution in [2.45, 2.75) is 65.8 Å². The first-order valence-corrected chi connectivity index (χ1v) is 12.0. The number of imidazole rings is 1. The van der Waals surface area contributed by atoms with Crippen molar-refractivity contribution in [3.05, 3.63) is 30.1 Å². The Hall–Kier alpha value is -3.08. The molecule has 0 aliphatic carbocycles. The van der Waals surface area contributed by atoms with Gasteiger partial charge >= 0.3 is 0 Å². The standard InChI is InChI=1S/C26H37N5O5/c1-8-35-13-19-28-22-23(31(19)16-26(5,6)34)17-11-9-10-12-18(17)27-24(22)29-20(32)14-36-15-21(33)30(7)25(2,3)4/h9-12,34H,8,13-16H2,1-7H3,(H,27,29,32). The number of fused-ring (bicyclic) bond motifs is 3. The molecule has 0 fully saturated rings. The molecule has 0 aliphatic rings. The van der Waals surface area contributed by atoms with Crippen molar-refractivity contribution in [2.24, 2.45) is 0 Å². The number of hydrogen-bond donors (Lipinski definition) is 2. The number of likely N-dealkylation sites (N-methyl/N-ethyl adjacent to an activating group) is 1. The summed E-state index contributed by atoms with van der Waals surface area (Å²) >= 11 is 0. The van der Waals surface area contributed by atoms with Crippen LogP contribution in [-0.4, -0.2) is 74.4 Å². The molecule has 0 atom stereocenters. The fourth-order valence-electron chi connectivity index (χ4n) is 3.70. The van der Waals surface area contributed by atoms with E-state index in [-0.39, 0.29) is 43.6 Å². The zero-order valence-electron chi connectivity index (χ0n) is 22.2. The first kappa shape index (κ1) is 27.5. The first-order valence-electron chi connectivity index (χ1n) is 12.0. The summed E-state index contributed by atoms with van der Waals surface area (Å²) in [4.78, 5) is 36.0. The van der Waals surface area contributed by atoms with Gasteiger partial charge in [0.05, 0.1) is 23.2 Å². The molecule has 2 amide bonds. The average Bonchev–Trinajstić information content (AvgIpc) is 3.13. The lowest BCUT2D eigenvalue weighted by Gasteiger charge is -2.31. The molecule has 0 saturated carbocycles. The number of ether oxygens (including phenoxy) is 2. The van der Waals surface area contributed by atoms with E-state index in [1.54, 1.807) is 25.8 Å². The molecule has 0 radical (unpaired) electrons. The number of anilines is 1. The number of nitrogens with one attached hydrogen (secondary N) is 1. The molecule has 0 spiro atoms. The Morgan fingerprint density at radius 3 is 2.42 bits per heavy atom. The van der Waals surface area contributed by atoms with Crippen LogP contribution in [0.5, 0.6) is 0 Å². The lowest BCUT2D eigenvalue weighted by molar-refractivity contribution is -0.140. The van der Waals surface area contributed by atoms with Crippen LogP contribution in [0.25, 0.3) is 21.9 Å². The quantitative estimate of drug-likeness (QED) is 0.440. The average molecular weight is 500 g/mol. The smallest absolute Gasteiger partial charge is 0.251 e. The minimum Gasteiger partial charge on any atom is -0.389 e. The minimum atomic E-state index is -1.01. The van der Waals surface area contributed by atoms with Gasteiger partial charge in [0.15, 0.2) is 5.82 Å². The fraction of sp³-hybridized carbons (Fsp3) is 0.538. The number of aliphatic hydroxyl groups is 1. The number of para-hydroxylation sites is 1. The number of hydrogen-bond acceptors (Lipinski definition) is 7. The fourth-order valence-corrected chi connectivity index (χ4v) is 3.70. The molecule has 196 valence electrons. The van der Waals surface area contributed by atoms with Crippen molar-refractivity contribution in [3.8, 4) is 0 Å². The lowest BCUT2D eigenvalue weighted by Crippen LogP contribution is -2.44. The van der Waals surface area contributed by atoms with Crippen molar-refractivity contribution in [2.75, 3.05) is 32.2 Å². The largest absolute Gasteiger partial charge is 0.389 e. The Labute approximate surface area is 211 Å². The molecule has 3 rings (SSSR count). The van der Waals surface area contributed by atoms with Gasteiger partial charge in [-0.2, -0.15) is 0 Å². The van der Waals surface area contributed by atoms with Gasteiger partial charge in [-0.3, -0.25) is 9.59 Å². The summed E-state index contributed by atoms with van der Waals surface area (Å²) in [5, 5.41) is 14.2. The van der Waals surface area contributed by atoms with Gasteiger partial charge in [0.1, 0.15) is 31.2 Å². The van der Waals surface area contributed by atoms with Gasteiger partial charge in [0, 0.05) is 24.6 Å². The van der Waals surface area contributed by atoms with E-state index in [4.69, 9.17) is 14.5 Å². The molecule has 2 heterocycles. The number of pyridine rings is 1. The van der Waals surface area contributed by atoms with Crippen LogP contribution in [0.2, 0.25) is 0 Å². The van der Waals surface area contributed by atoms with E-state index in [2.05, 4.69) is 10.3 Å². The Morgan fingerprint density at radius 2 is 1.78 bits per heavy atom. The van der Waals surface area contributed by atoms with Crippen molar-refractivity contribution in [1.29, 1.82) is 0 Å². The van der Waals surface area contributed by atoms with E-state index in [1.807, 2.05) is 56.5 Å². The van der Waals surface area contributed by atoms with Crippen LogP contribution >= 0.6 is 0 Å². The Kier molecular flexibility index (Phi) is 8.33. The van der Waals surface area contributed by atoms with Gasteiger partial charge in [-0.25, -0.2) is 9.97 Å². The van der Waals surface area contributed by atoms with E-state index < -0.39 is 11.5 Å². The van der Waals surface area contributed by atoms with E-state index >= 15 is 0 Å². The second-order valence-electron chi connectivity index (χ2n) is 10.4. The van der Waals surface area contributed by atoms with Gasteiger partial charge in [0.25, 0.3) is 5.91 Å². The summed E-state index contributed by atoms with van der Waals surface area (Å²) in [7, 11) is 1.70. The zero-order chi connectivity index (χ0) is 26.7. The molecule has 1 aromatic carbocycles. The number of benzene rings is 1. The predicted octanol–water partition coefficient (Wildman–Crippen LogP) is 3.10. The second-order valence-corrected chi connectivity index (χ2v) is 10.4. The van der Waals surface area contributed by atoms with Gasteiger partial charge in [-0.1, -0.05) is 18.2 Å². The monoisotopic (exact) mass is 499 g/mol. The highest BCUT2D eigenvalue weighted by Crippen LogP contribution is 2.31. The summed E-state index contributed by atoms with van der Waals surface area (Å²) in [6.07, 6.45) is 0. The number of aromatic nitrogens is 3. The normalized spacial score (nSPS) is 12.3. The van der Waals surface area contributed by atoms with Crippen LogP contribution in [0, 0.1) is 0 Å². The summed E-state index contributed by atoms with van der Waals surface area (Å²) in [6, 6.07) is 7.56. The van der Waals surface area contributed by atoms with Crippen molar-refractivity contribution in [3.63, 3.8) is 0 Å². The van der Waals surface area contributed by atoms with Crippen molar-refractivity contribution in [1.82, 2.24) is 19.4 Å². The molecular weight excluding hydrogens is 462 g/mol. The molecule has 0 aliphatic heterocycles. The summed E-state index contributed by atoms with van der Waals surface area (Å²) in [5.41, 5.74) is 0.552. The van der Waals surface area contributed by atoms with E-state index in [1.165, 1.54) is 0 Å². The third-order valence-electron chi connectivity index (χ3n) is 5.74. The highest BCUT2D eigenvalue weighted by atomic mass is 16.5. The molecule has 0 bridgehead atoms. The third kappa shape index (κ3) is 6.57. The lowest BCUT2D eigenvalue weighted by atomic mass is 10.1. The van der Waals surface area contributed by atoms with E-state index in [0.29, 0.717) is 23.5 Å². The molecule has 0 unspecified atom stereocenters. The molecule has 0 saturated heterocycles. The SMILES string of the molecule is CCOCc1nc2c(NC(=O)COCC(=O)N(C)C(C)(C)C)nc3ccccc3c2n1CC(C)(C)O. The van der Waals surface area contributed by atoms with Crippen LogP contribution in [-0.2, 0) is 32.2 Å². The maximum absolute atomic E-state index is 12.7. The predicted molar refractivity (Wildman–Crippen MR) is 139 cm³/mol. The van der Waals surface area contributed by atoms with Crippen LogP contribution < -0.4 is 5.32 Å². The summed E-state index contributed by atoms with van der Waals surface area (Å²) < 4.78 is 12.9. The van der Waals surface area contributed by atoms with Gasteiger partial charge in [0.2, 0.25) is 5.91 Å². The van der Waals surface area contributed by atoms with Crippen LogP contribution in [0.4, 0.5) is 5.82 Å². The Morgan fingerprint density at radius 1 is 1.08 bits per heavy atom. The summed E-state index contributed by atoms with van der Waals surface area (Å²) in [5.74, 6) is 0.235. The van der Waals surface area contributed by atoms with Crippen molar-refractivity contribution < 1.29 is 24.2 Å². The second kappa shape index (κ2) is 10.9. The molecule has 36 heavy (non-hydrogen) atoms. The molecule has 2 aromatic heterocycles. The first-order chi connectivity index (χ1) is 16.8. The van der Waals surface area contributed by atoms with E-state index in [9.17, 15) is 14.7 Å².